The zero-order chi connectivity index (χ0) is 13.7. The Kier molecular flexibility index (Phi) is 5.19. The minimum Gasteiger partial charge on any atom is -0.423 e. The maximum atomic E-state index is 11.6. The minimum atomic E-state index is -0.455. The number of rotatable bonds is 5. The van der Waals surface area contributed by atoms with E-state index in [2.05, 4.69) is 0 Å². The van der Waals surface area contributed by atoms with Crippen LogP contribution in [0, 0.1) is 6.92 Å². The van der Waals surface area contributed by atoms with Crippen molar-refractivity contribution in [3.05, 3.63) is 28.8 Å². The van der Waals surface area contributed by atoms with Crippen LogP contribution >= 0.6 is 11.6 Å². The predicted octanol–water partition coefficient (Wildman–Crippen LogP) is 2.75. The fourth-order valence-corrected chi connectivity index (χ4v) is 2.16. The van der Waals surface area contributed by atoms with E-state index in [4.69, 9.17) is 25.8 Å². The molecule has 0 spiro atoms. The number of esters is 1. The third-order valence-corrected chi connectivity index (χ3v) is 3.15. The molecule has 5 heteroatoms. The number of aryl methyl sites for hydroxylation is 1. The number of benzene rings is 1. The highest BCUT2D eigenvalue weighted by Crippen LogP contribution is 2.25. The lowest BCUT2D eigenvalue weighted by Crippen LogP contribution is -2.21. The highest BCUT2D eigenvalue weighted by atomic mass is 35.5. The van der Waals surface area contributed by atoms with Crippen LogP contribution in [0.25, 0.3) is 0 Å². The van der Waals surface area contributed by atoms with Crippen molar-refractivity contribution in [1.29, 1.82) is 0 Å². The van der Waals surface area contributed by atoms with Crippen molar-refractivity contribution in [3.63, 3.8) is 0 Å². The molecule has 0 aromatic heterocycles. The van der Waals surface area contributed by atoms with Crippen molar-refractivity contribution in [3.8, 4) is 5.75 Å². The molecule has 0 saturated carbocycles. The molecule has 0 bridgehead atoms. The van der Waals surface area contributed by atoms with Crippen LogP contribution in [0.5, 0.6) is 5.75 Å². The van der Waals surface area contributed by atoms with Crippen molar-refractivity contribution < 1.29 is 19.0 Å². The lowest BCUT2D eigenvalue weighted by molar-refractivity contribution is -0.140. The Morgan fingerprint density at radius 1 is 1.53 bits per heavy atom. The number of ether oxygens (including phenoxy) is 3. The molecule has 1 aliphatic rings. The molecule has 0 unspecified atom stereocenters. The highest BCUT2D eigenvalue weighted by Gasteiger charge is 2.16. The zero-order valence-electron chi connectivity index (χ0n) is 10.9. The third kappa shape index (κ3) is 4.49. The van der Waals surface area contributed by atoms with Gasteiger partial charge in [0.05, 0.1) is 17.7 Å². The summed E-state index contributed by atoms with van der Waals surface area (Å²) in [7, 11) is 0. The number of halogens is 1. The summed E-state index contributed by atoms with van der Waals surface area (Å²) in [6, 6.07) is 5.26. The molecule has 1 fully saturated rings. The number of hydrogen-bond acceptors (Lipinski definition) is 4. The van der Waals surface area contributed by atoms with Gasteiger partial charge in [0.25, 0.3) is 0 Å². The van der Waals surface area contributed by atoms with Crippen LogP contribution in [-0.4, -0.2) is 31.9 Å². The Hall–Kier alpha value is -1.10. The summed E-state index contributed by atoms with van der Waals surface area (Å²) in [6.07, 6.45) is 2.15. The van der Waals surface area contributed by atoms with Crippen LogP contribution < -0.4 is 4.74 Å². The quantitative estimate of drug-likeness (QED) is 0.616. The fourth-order valence-electron chi connectivity index (χ4n) is 1.89. The predicted molar refractivity (Wildman–Crippen MR) is 71.6 cm³/mol. The Morgan fingerprint density at radius 3 is 3.05 bits per heavy atom. The molecule has 0 amide bonds. The minimum absolute atomic E-state index is 0.0932. The summed E-state index contributed by atoms with van der Waals surface area (Å²) >= 11 is 5.97. The number of carbonyl (C=O) groups is 1. The summed E-state index contributed by atoms with van der Waals surface area (Å²) in [5.41, 5.74) is 1.01. The number of hydrogen-bond donors (Lipinski definition) is 0. The standard InChI is InChI=1S/C14H17ClO4/c1-10-4-5-13(12(15)7-10)19-14(16)9-17-8-11-3-2-6-18-11/h4-5,7,11H,2-3,6,8-9H2,1H3/t11-/m1/s1. The molecule has 104 valence electrons. The fraction of sp³-hybridized carbons (Fsp3) is 0.500. The monoisotopic (exact) mass is 284 g/mol. The van der Waals surface area contributed by atoms with Gasteiger partial charge in [-0.05, 0) is 37.5 Å². The van der Waals surface area contributed by atoms with E-state index in [1.54, 1.807) is 12.1 Å². The summed E-state index contributed by atoms with van der Waals surface area (Å²) < 4.78 is 15.8. The first-order valence-electron chi connectivity index (χ1n) is 6.31. The highest BCUT2D eigenvalue weighted by molar-refractivity contribution is 6.32. The first kappa shape index (κ1) is 14.3. The van der Waals surface area contributed by atoms with Gasteiger partial charge in [0, 0.05) is 6.61 Å². The van der Waals surface area contributed by atoms with E-state index in [1.807, 2.05) is 13.0 Å². The van der Waals surface area contributed by atoms with Crippen LogP contribution in [0.3, 0.4) is 0 Å². The van der Waals surface area contributed by atoms with E-state index in [0.29, 0.717) is 17.4 Å². The molecule has 2 rings (SSSR count). The van der Waals surface area contributed by atoms with Gasteiger partial charge in [-0.1, -0.05) is 17.7 Å². The second-order valence-corrected chi connectivity index (χ2v) is 4.97. The smallest absolute Gasteiger partial charge is 0.337 e. The number of carbonyl (C=O) groups excluding carboxylic acids is 1. The molecule has 0 aliphatic carbocycles. The topological polar surface area (TPSA) is 44.8 Å². The van der Waals surface area contributed by atoms with Crippen LogP contribution in [0.15, 0.2) is 18.2 Å². The molecule has 19 heavy (non-hydrogen) atoms. The maximum Gasteiger partial charge on any atom is 0.337 e. The Bertz CT molecular complexity index is 441. The van der Waals surface area contributed by atoms with Crippen LogP contribution in [-0.2, 0) is 14.3 Å². The molecule has 1 aromatic rings. The van der Waals surface area contributed by atoms with Gasteiger partial charge in [-0.3, -0.25) is 0 Å². The van der Waals surface area contributed by atoms with Gasteiger partial charge in [-0.15, -0.1) is 0 Å². The molecule has 1 saturated heterocycles. The van der Waals surface area contributed by atoms with Crippen molar-refractivity contribution in [2.45, 2.75) is 25.9 Å². The van der Waals surface area contributed by atoms with Gasteiger partial charge in [0.1, 0.15) is 12.4 Å². The molecule has 1 aliphatic heterocycles. The average molecular weight is 285 g/mol. The largest absolute Gasteiger partial charge is 0.423 e. The van der Waals surface area contributed by atoms with Crippen LogP contribution in [0.2, 0.25) is 5.02 Å². The second kappa shape index (κ2) is 6.89. The summed E-state index contributed by atoms with van der Waals surface area (Å²) in [5, 5.41) is 0.424. The lowest BCUT2D eigenvalue weighted by Gasteiger charge is -2.10. The summed E-state index contributed by atoms with van der Waals surface area (Å²) in [4.78, 5) is 11.6. The molecule has 1 aromatic carbocycles. The van der Waals surface area contributed by atoms with Gasteiger partial charge in [0.15, 0.2) is 0 Å². The molecule has 0 radical (unpaired) electrons. The second-order valence-electron chi connectivity index (χ2n) is 4.56. The lowest BCUT2D eigenvalue weighted by atomic mass is 10.2. The normalized spacial score (nSPS) is 18.5. The zero-order valence-corrected chi connectivity index (χ0v) is 11.6. The Balaban J connectivity index is 1.74. The van der Waals surface area contributed by atoms with Gasteiger partial charge < -0.3 is 14.2 Å². The molecule has 4 nitrogen and oxygen atoms in total. The molecule has 0 N–H and O–H groups in total. The van der Waals surface area contributed by atoms with E-state index in [-0.39, 0.29) is 12.7 Å². The van der Waals surface area contributed by atoms with Gasteiger partial charge in [0.2, 0.25) is 0 Å². The Labute approximate surface area is 117 Å². The van der Waals surface area contributed by atoms with E-state index >= 15 is 0 Å². The average Bonchev–Trinajstić information content (AvgIpc) is 2.86. The first-order chi connectivity index (χ1) is 9.15. The molecule has 1 atom stereocenters. The van der Waals surface area contributed by atoms with Crippen molar-refractivity contribution in [2.24, 2.45) is 0 Å². The van der Waals surface area contributed by atoms with Gasteiger partial charge >= 0.3 is 5.97 Å². The Morgan fingerprint density at radius 2 is 2.37 bits per heavy atom. The molecular weight excluding hydrogens is 268 g/mol. The first-order valence-corrected chi connectivity index (χ1v) is 6.69. The maximum absolute atomic E-state index is 11.6. The summed E-state index contributed by atoms with van der Waals surface area (Å²) in [5.74, 6) is -0.0956. The van der Waals surface area contributed by atoms with Gasteiger partial charge in [-0.2, -0.15) is 0 Å². The van der Waals surface area contributed by atoms with Crippen molar-refractivity contribution in [1.82, 2.24) is 0 Å². The van der Waals surface area contributed by atoms with Gasteiger partial charge in [-0.25, -0.2) is 4.79 Å². The van der Waals surface area contributed by atoms with E-state index in [9.17, 15) is 4.79 Å². The van der Waals surface area contributed by atoms with Crippen LogP contribution in [0.1, 0.15) is 18.4 Å². The van der Waals surface area contributed by atoms with Crippen molar-refractivity contribution in [2.75, 3.05) is 19.8 Å². The molecule has 1 heterocycles. The van der Waals surface area contributed by atoms with E-state index in [0.717, 1.165) is 25.0 Å². The van der Waals surface area contributed by atoms with Crippen molar-refractivity contribution >= 4 is 17.6 Å². The SMILES string of the molecule is Cc1ccc(OC(=O)COC[C@H]2CCCO2)c(Cl)c1. The van der Waals surface area contributed by atoms with E-state index < -0.39 is 5.97 Å². The van der Waals surface area contributed by atoms with Crippen LogP contribution in [0.4, 0.5) is 0 Å². The third-order valence-electron chi connectivity index (χ3n) is 2.86. The molecular formula is C14H17ClO4. The van der Waals surface area contributed by atoms with E-state index in [1.165, 1.54) is 0 Å². The summed E-state index contributed by atoms with van der Waals surface area (Å²) in [6.45, 7) is 3.03.